The number of amides is 2. The van der Waals surface area contributed by atoms with Crippen LogP contribution in [-0.4, -0.2) is 48.9 Å². The summed E-state index contributed by atoms with van der Waals surface area (Å²) in [7, 11) is 0. The van der Waals surface area contributed by atoms with E-state index >= 15 is 0 Å². The molecule has 5 nitrogen and oxygen atoms in total. The number of hydrogen-bond acceptors (Lipinski definition) is 4. The maximum Gasteiger partial charge on any atom is 0.244 e. The first-order chi connectivity index (χ1) is 8.20. The summed E-state index contributed by atoms with van der Waals surface area (Å²) in [5.41, 5.74) is 0. The third-order valence-corrected chi connectivity index (χ3v) is 3.74. The monoisotopic (exact) mass is 239 g/mol. The lowest BCUT2D eigenvalue weighted by atomic mass is 9.96. The number of nitrogens with zero attached hydrogens (tertiary/aromatic N) is 1. The number of piperidine rings is 1. The molecule has 2 N–H and O–H groups in total. The van der Waals surface area contributed by atoms with Gasteiger partial charge in [-0.1, -0.05) is 6.92 Å². The molecular formula is C12H21N3O2. The van der Waals surface area contributed by atoms with Crippen molar-refractivity contribution in [1.29, 1.82) is 0 Å². The molecule has 0 aromatic heterocycles. The van der Waals surface area contributed by atoms with E-state index < -0.39 is 0 Å². The van der Waals surface area contributed by atoms with Crippen LogP contribution in [0.25, 0.3) is 0 Å². The minimum absolute atomic E-state index is 0.120. The highest BCUT2D eigenvalue weighted by molar-refractivity contribution is 6.05. The van der Waals surface area contributed by atoms with Gasteiger partial charge in [-0.15, -0.1) is 0 Å². The van der Waals surface area contributed by atoms with Crippen LogP contribution in [0.15, 0.2) is 0 Å². The standard InChI is InChI=1S/C12H21N3O2/c1-2-15(8-9-3-5-13-6-4-9)10-7-11(16)14-12(10)17/h9-10,13H,2-8H2,1H3,(H,14,16,17). The highest BCUT2D eigenvalue weighted by atomic mass is 16.2. The molecule has 2 amide bonds. The zero-order valence-electron chi connectivity index (χ0n) is 10.4. The quantitative estimate of drug-likeness (QED) is 0.663. The summed E-state index contributed by atoms with van der Waals surface area (Å²) in [6, 6.07) is -0.234. The maximum atomic E-state index is 11.6. The lowest BCUT2D eigenvalue weighted by Crippen LogP contribution is -2.44. The summed E-state index contributed by atoms with van der Waals surface area (Å²) in [5, 5.41) is 5.73. The molecule has 0 aliphatic carbocycles. The normalized spacial score (nSPS) is 26.6. The Bertz CT molecular complexity index is 300. The largest absolute Gasteiger partial charge is 0.317 e. The molecule has 1 atom stereocenters. The lowest BCUT2D eigenvalue weighted by molar-refractivity contribution is -0.126. The summed E-state index contributed by atoms with van der Waals surface area (Å²) in [5.74, 6) is 0.397. The smallest absolute Gasteiger partial charge is 0.244 e. The molecule has 2 aliphatic rings. The first-order valence-corrected chi connectivity index (χ1v) is 6.49. The first-order valence-electron chi connectivity index (χ1n) is 6.49. The van der Waals surface area contributed by atoms with Crippen LogP contribution in [-0.2, 0) is 9.59 Å². The lowest BCUT2D eigenvalue weighted by Gasteiger charge is -2.31. The molecule has 0 aromatic carbocycles. The van der Waals surface area contributed by atoms with Gasteiger partial charge >= 0.3 is 0 Å². The van der Waals surface area contributed by atoms with Crippen molar-refractivity contribution >= 4 is 11.8 Å². The topological polar surface area (TPSA) is 61.4 Å². The van der Waals surface area contributed by atoms with Gasteiger partial charge in [0.15, 0.2) is 0 Å². The van der Waals surface area contributed by atoms with Crippen molar-refractivity contribution in [2.24, 2.45) is 5.92 Å². The van der Waals surface area contributed by atoms with Crippen LogP contribution in [0.3, 0.4) is 0 Å². The van der Waals surface area contributed by atoms with Gasteiger partial charge in [0, 0.05) is 6.54 Å². The minimum Gasteiger partial charge on any atom is -0.317 e. The summed E-state index contributed by atoms with van der Waals surface area (Å²) < 4.78 is 0. The molecule has 0 spiro atoms. The second-order valence-electron chi connectivity index (χ2n) is 4.91. The number of hydrogen-bond donors (Lipinski definition) is 2. The molecular weight excluding hydrogens is 218 g/mol. The molecule has 0 saturated carbocycles. The second-order valence-corrected chi connectivity index (χ2v) is 4.91. The van der Waals surface area contributed by atoms with E-state index in [1.165, 1.54) is 12.8 Å². The van der Waals surface area contributed by atoms with Crippen LogP contribution in [0.2, 0.25) is 0 Å². The van der Waals surface area contributed by atoms with Gasteiger partial charge in [-0.3, -0.25) is 19.8 Å². The highest BCUT2D eigenvalue weighted by Gasteiger charge is 2.35. The van der Waals surface area contributed by atoms with Gasteiger partial charge in [0.2, 0.25) is 11.8 Å². The number of carbonyl (C=O) groups is 2. The van der Waals surface area contributed by atoms with E-state index in [-0.39, 0.29) is 17.9 Å². The molecule has 0 bridgehead atoms. The number of nitrogens with one attached hydrogen (secondary N) is 2. The molecule has 2 aliphatic heterocycles. The van der Waals surface area contributed by atoms with Crippen molar-refractivity contribution in [3.63, 3.8) is 0 Å². The Morgan fingerprint density at radius 1 is 1.29 bits per heavy atom. The van der Waals surface area contributed by atoms with Crippen LogP contribution >= 0.6 is 0 Å². The van der Waals surface area contributed by atoms with Gasteiger partial charge in [0.05, 0.1) is 12.5 Å². The van der Waals surface area contributed by atoms with Gasteiger partial charge in [-0.25, -0.2) is 0 Å². The van der Waals surface area contributed by atoms with Crippen LogP contribution in [0.4, 0.5) is 0 Å². The molecule has 2 fully saturated rings. The Balaban J connectivity index is 1.91. The van der Waals surface area contributed by atoms with Crippen molar-refractivity contribution in [2.45, 2.75) is 32.2 Å². The van der Waals surface area contributed by atoms with E-state index in [1.54, 1.807) is 0 Å². The Labute approximate surface area is 102 Å². The zero-order chi connectivity index (χ0) is 12.3. The van der Waals surface area contributed by atoms with Gasteiger partial charge < -0.3 is 5.32 Å². The Kier molecular flexibility index (Phi) is 4.12. The molecule has 2 heterocycles. The predicted octanol–water partition coefficient (Wildman–Crippen LogP) is -0.277. The Hall–Kier alpha value is -0.940. The van der Waals surface area contributed by atoms with Crippen LogP contribution in [0.1, 0.15) is 26.2 Å². The molecule has 5 heteroatoms. The molecule has 2 rings (SSSR count). The number of carbonyl (C=O) groups excluding carboxylic acids is 2. The minimum atomic E-state index is -0.234. The third kappa shape index (κ3) is 3.04. The summed E-state index contributed by atoms with van der Waals surface area (Å²) in [6.07, 6.45) is 2.66. The molecule has 1 unspecified atom stereocenters. The number of imide groups is 1. The van der Waals surface area contributed by atoms with Gasteiger partial charge in [0.1, 0.15) is 0 Å². The highest BCUT2D eigenvalue weighted by Crippen LogP contribution is 2.18. The predicted molar refractivity (Wildman–Crippen MR) is 64.4 cm³/mol. The van der Waals surface area contributed by atoms with E-state index in [0.29, 0.717) is 12.3 Å². The van der Waals surface area contributed by atoms with Crippen LogP contribution in [0.5, 0.6) is 0 Å². The van der Waals surface area contributed by atoms with Crippen molar-refractivity contribution in [1.82, 2.24) is 15.5 Å². The molecule has 17 heavy (non-hydrogen) atoms. The van der Waals surface area contributed by atoms with Crippen molar-refractivity contribution in [3.8, 4) is 0 Å². The summed E-state index contributed by atoms with van der Waals surface area (Å²) in [6.45, 7) is 5.95. The number of rotatable bonds is 4. The molecule has 2 saturated heterocycles. The van der Waals surface area contributed by atoms with Crippen molar-refractivity contribution < 1.29 is 9.59 Å². The van der Waals surface area contributed by atoms with Crippen LogP contribution in [0, 0.1) is 5.92 Å². The third-order valence-electron chi connectivity index (χ3n) is 3.74. The Morgan fingerprint density at radius 2 is 2.00 bits per heavy atom. The average Bonchev–Trinajstić information content (AvgIpc) is 2.67. The molecule has 96 valence electrons. The summed E-state index contributed by atoms with van der Waals surface area (Å²) >= 11 is 0. The first kappa shape index (κ1) is 12.5. The van der Waals surface area contributed by atoms with Crippen LogP contribution < -0.4 is 10.6 Å². The SMILES string of the molecule is CCN(CC1CCNCC1)C1CC(=O)NC1=O. The molecule has 0 aromatic rings. The average molecular weight is 239 g/mol. The maximum absolute atomic E-state index is 11.6. The number of likely N-dealkylation sites (N-methyl/N-ethyl adjacent to an activating group) is 1. The van der Waals surface area contributed by atoms with E-state index in [9.17, 15) is 9.59 Å². The fraction of sp³-hybridized carbons (Fsp3) is 0.833. The fourth-order valence-electron chi connectivity index (χ4n) is 2.71. The molecule has 0 radical (unpaired) electrons. The summed E-state index contributed by atoms with van der Waals surface area (Å²) in [4.78, 5) is 25.0. The van der Waals surface area contributed by atoms with Crippen molar-refractivity contribution in [3.05, 3.63) is 0 Å². The zero-order valence-corrected chi connectivity index (χ0v) is 10.4. The fourth-order valence-corrected chi connectivity index (χ4v) is 2.71. The van der Waals surface area contributed by atoms with E-state index in [1.807, 2.05) is 0 Å². The van der Waals surface area contributed by atoms with Gasteiger partial charge in [0.25, 0.3) is 0 Å². The second kappa shape index (κ2) is 5.60. The van der Waals surface area contributed by atoms with E-state index in [4.69, 9.17) is 0 Å². The van der Waals surface area contributed by atoms with E-state index in [0.717, 1.165) is 26.2 Å². The van der Waals surface area contributed by atoms with Gasteiger partial charge in [-0.2, -0.15) is 0 Å². The Morgan fingerprint density at radius 3 is 2.53 bits per heavy atom. The van der Waals surface area contributed by atoms with Crippen molar-refractivity contribution in [2.75, 3.05) is 26.2 Å². The van der Waals surface area contributed by atoms with E-state index in [2.05, 4.69) is 22.5 Å². The van der Waals surface area contributed by atoms with Gasteiger partial charge in [-0.05, 0) is 38.4 Å².